The molecule has 3 heteroatoms. The van der Waals surface area contributed by atoms with Gasteiger partial charge in [-0.05, 0) is 57.0 Å². The SMILES string of the molecule is CC.Cc1cccc(-c2nc(C=O)c(-c3cccc(C)c3)n2-c2cc(C)ccc2C)c1. The number of hydrogen-bond donors (Lipinski definition) is 0. The van der Waals surface area contributed by atoms with Crippen molar-refractivity contribution in [2.45, 2.75) is 41.5 Å². The standard InChI is InChI=1S/C26H24N2O.C2H6/c1-17-7-5-9-21(13-17)25-23(16-29)27-26(22-10-6-8-18(2)14-22)28(25)24-15-19(3)11-12-20(24)4;1-2/h5-16H,1-4H3;1-2H3. The molecule has 1 aromatic heterocycles. The fraction of sp³-hybridized carbons (Fsp3) is 0.214. The summed E-state index contributed by atoms with van der Waals surface area (Å²) < 4.78 is 2.13. The van der Waals surface area contributed by atoms with E-state index in [9.17, 15) is 4.79 Å². The predicted octanol–water partition coefficient (Wildman–Crippen LogP) is 7.28. The van der Waals surface area contributed by atoms with Crippen molar-refractivity contribution in [3.8, 4) is 28.3 Å². The monoisotopic (exact) mass is 410 g/mol. The summed E-state index contributed by atoms with van der Waals surface area (Å²) >= 11 is 0. The Bertz CT molecular complexity index is 1220. The normalized spacial score (nSPS) is 10.4. The smallest absolute Gasteiger partial charge is 0.170 e. The molecule has 0 aliphatic heterocycles. The summed E-state index contributed by atoms with van der Waals surface area (Å²) in [5.41, 5.74) is 8.89. The maximum Gasteiger partial charge on any atom is 0.170 e. The Kier molecular flexibility index (Phi) is 6.86. The Hall–Kier alpha value is -3.46. The number of aromatic nitrogens is 2. The van der Waals surface area contributed by atoms with Crippen molar-refractivity contribution in [1.82, 2.24) is 9.55 Å². The van der Waals surface area contributed by atoms with Crippen molar-refractivity contribution in [2.75, 3.05) is 0 Å². The molecule has 1 heterocycles. The van der Waals surface area contributed by atoms with Gasteiger partial charge in [-0.3, -0.25) is 9.36 Å². The van der Waals surface area contributed by atoms with E-state index in [4.69, 9.17) is 4.98 Å². The summed E-state index contributed by atoms with van der Waals surface area (Å²) in [6.45, 7) is 12.3. The molecule has 3 nitrogen and oxygen atoms in total. The van der Waals surface area contributed by atoms with Gasteiger partial charge in [-0.15, -0.1) is 0 Å². The summed E-state index contributed by atoms with van der Waals surface area (Å²) in [6, 6.07) is 22.9. The van der Waals surface area contributed by atoms with Crippen molar-refractivity contribution in [2.24, 2.45) is 0 Å². The fourth-order valence-corrected chi connectivity index (χ4v) is 3.76. The minimum absolute atomic E-state index is 0.452. The van der Waals surface area contributed by atoms with Gasteiger partial charge in [-0.2, -0.15) is 0 Å². The van der Waals surface area contributed by atoms with Crippen molar-refractivity contribution >= 4 is 6.29 Å². The maximum atomic E-state index is 12.1. The van der Waals surface area contributed by atoms with Crippen molar-refractivity contribution in [1.29, 1.82) is 0 Å². The van der Waals surface area contributed by atoms with E-state index in [0.29, 0.717) is 5.69 Å². The Balaban J connectivity index is 0.00000132. The average molecular weight is 411 g/mol. The number of carbonyl (C=O) groups excluding carboxylic acids is 1. The molecule has 0 bridgehead atoms. The van der Waals surface area contributed by atoms with E-state index in [1.807, 2.05) is 38.1 Å². The van der Waals surface area contributed by atoms with E-state index in [1.54, 1.807) is 0 Å². The van der Waals surface area contributed by atoms with Gasteiger partial charge in [-0.25, -0.2) is 4.98 Å². The van der Waals surface area contributed by atoms with Crippen molar-refractivity contribution in [3.05, 3.63) is 94.7 Å². The lowest BCUT2D eigenvalue weighted by Crippen LogP contribution is -2.03. The quantitative estimate of drug-likeness (QED) is 0.331. The molecule has 0 fully saturated rings. The molecular weight excluding hydrogens is 380 g/mol. The minimum Gasteiger partial charge on any atom is -0.296 e. The van der Waals surface area contributed by atoms with Crippen LogP contribution >= 0.6 is 0 Å². The molecule has 0 aliphatic carbocycles. The number of hydrogen-bond acceptors (Lipinski definition) is 2. The van der Waals surface area contributed by atoms with Gasteiger partial charge >= 0.3 is 0 Å². The molecule has 31 heavy (non-hydrogen) atoms. The van der Waals surface area contributed by atoms with Gasteiger partial charge in [0.15, 0.2) is 6.29 Å². The number of aldehydes is 1. The Morgan fingerprint density at radius 1 is 0.742 bits per heavy atom. The largest absolute Gasteiger partial charge is 0.296 e. The first-order chi connectivity index (χ1) is 15.0. The van der Waals surface area contributed by atoms with E-state index >= 15 is 0 Å². The Labute approximate surface area is 185 Å². The van der Waals surface area contributed by atoms with Gasteiger partial charge in [0.05, 0.1) is 11.4 Å². The molecule has 0 amide bonds. The van der Waals surface area contributed by atoms with Gasteiger partial charge < -0.3 is 0 Å². The molecule has 0 aliphatic rings. The highest BCUT2D eigenvalue weighted by atomic mass is 16.1. The van der Waals surface area contributed by atoms with Crippen LogP contribution in [0.1, 0.15) is 46.6 Å². The third-order valence-electron chi connectivity index (χ3n) is 5.19. The van der Waals surface area contributed by atoms with E-state index < -0.39 is 0 Å². The maximum absolute atomic E-state index is 12.1. The van der Waals surface area contributed by atoms with E-state index in [1.165, 1.54) is 0 Å². The molecule has 0 unspecified atom stereocenters. The summed E-state index contributed by atoms with van der Waals surface area (Å²) in [6.07, 6.45) is 0.860. The highest BCUT2D eigenvalue weighted by Crippen LogP contribution is 2.35. The highest BCUT2D eigenvalue weighted by molar-refractivity contribution is 5.87. The van der Waals surface area contributed by atoms with E-state index in [2.05, 4.69) is 74.7 Å². The fourth-order valence-electron chi connectivity index (χ4n) is 3.76. The second-order valence-corrected chi connectivity index (χ2v) is 7.65. The molecular formula is C28H30N2O. The lowest BCUT2D eigenvalue weighted by atomic mass is 10.1. The molecule has 0 saturated carbocycles. The number of carbonyl (C=O) groups is 1. The third-order valence-corrected chi connectivity index (χ3v) is 5.19. The van der Waals surface area contributed by atoms with E-state index in [0.717, 1.165) is 56.9 Å². The van der Waals surface area contributed by atoms with Crippen LogP contribution in [-0.4, -0.2) is 15.8 Å². The first kappa shape index (κ1) is 22.2. The van der Waals surface area contributed by atoms with Crippen LogP contribution in [0, 0.1) is 27.7 Å². The topological polar surface area (TPSA) is 34.9 Å². The number of nitrogens with zero attached hydrogens (tertiary/aromatic N) is 2. The summed E-state index contributed by atoms with van der Waals surface area (Å²) in [5.74, 6) is 0.779. The first-order valence-electron chi connectivity index (χ1n) is 10.8. The Morgan fingerprint density at radius 3 is 1.94 bits per heavy atom. The lowest BCUT2D eigenvalue weighted by molar-refractivity contribution is 0.112. The van der Waals surface area contributed by atoms with Crippen molar-refractivity contribution in [3.63, 3.8) is 0 Å². The van der Waals surface area contributed by atoms with Crippen molar-refractivity contribution < 1.29 is 4.79 Å². The number of rotatable bonds is 4. The molecule has 158 valence electrons. The zero-order chi connectivity index (χ0) is 22.5. The van der Waals surface area contributed by atoms with E-state index in [-0.39, 0.29) is 0 Å². The second kappa shape index (κ2) is 9.57. The van der Waals surface area contributed by atoms with Gasteiger partial charge in [0.1, 0.15) is 11.5 Å². The molecule has 0 N–H and O–H groups in total. The highest BCUT2D eigenvalue weighted by Gasteiger charge is 2.22. The average Bonchev–Trinajstić information content (AvgIpc) is 3.16. The van der Waals surface area contributed by atoms with Crippen LogP contribution in [0.5, 0.6) is 0 Å². The van der Waals surface area contributed by atoms with Crippen LogP contribution in [-0.2, 0) is 0 Å². The number of imidazole rings is 1. The van der Waals surface area contributed by atoms with Gasteiger partial charge in [0.25, 0.3) is 0 Å². The summed E-state index contributed by atoms with van der Waals surface area (Å²) in [5, 5.41) is 0. The summed E-state index contributed by atoms with van der Waals surface area (Å²) in [7, 11) is 0. The molecule has 4 rings (SSSR count). The van der Waals surface area contributed by atoms with Gasteiger partial charge in [0, 0.05) is 11.1 Å². The van der Waals surface area contributed by atoms with Gasteiger partial charge in [-0.1, -0.05) is 73.5 Å². The minimum atomic E-state index is 0.452. The molecule has 0 spiro atoms. The van der Waals surface area contributed by atoms with Crippen LogP contribution in [0.3, 0.4) is 0 Å². The molecule has 4 aromatic rings. The first-order valence-corrected chi connectivity index (χ1v) is 10.8. The predicted molar refractivity (Wildman–Crippen MR) is 130 cm³/mol. The number of benzene rings is 3. The van der Waals surface area contributed by atoms with Crippen LogP contribution < -0.4 is 0 Å². The van der Waals surface area contributed by atoms with Gasteiger partial charge in [0.2, 0.25) is 0 Å². The Morgan fingerprint density at radius 2 is 1.32 bits per heavy atom. The summed E-state index contributed by atoms with van der Waals surface area (Å²) in [4.78, 5) is 16.8. The molecule has 0 saturated heterocycles. The zero-order valence-electron chi connectivity index (χ0n) is 19.2. The molecule has 3 aromatic carbocycles. The van der Waals surface area contributed by atoms with Crippen LogP contribution in [0.15, 0.2) is 66.7 Å². The molecule has 0 radical (unpaired) electrons. The second-order valence-electron chi connectivity index (χ2n) is 7.65. The third kappa shape index (κ3) is 4.51. The zero-order valence-corrected chi connectivity index (χ0v) is 19.2. The van der Waals surface area contributed by atoms with Crippen LogP contribution in [0.4, 0.5) is 0 Å². The number of aryl methyl sites for hydroxylation is 4. The van der Waals surface area contributed by atoms with Crippen LogP contribution in [0.25, 0.3) is 28.3 Å². The lowest BCUT2D eigenvalue weighted by Gasteiger charge is -2.16. The van der Waals surface area contributed by atoms with Crippen LogP contribution in [0.2, 0.25) is 0 Å². The molecule has 0 atom stereocenters.